The van der Waals surface area contributed by atoms with Crippen LogP contribution in [0.2, 0.25) is 0 Å². The SMILES string of the molecule is COc1ccccc1N1CCN(c2c(C)cc(C)cc2C)C1=[N-].[CH2-]c1ccccc1.[CH2-]c1ccccc1.[CH2-]c1ccccc1.[Hf+4]. The maximum atomic E-state index is 10.8. The predicted octanol–water partition coefficient (Wildman–Crippen LogP) is 9.48. The summed E-state index contributed by atoms with van der Waals surface area (Å²) in [7, 11) is 1.65. The van der Waals surface area contributed by atoms with E-state index >= 15 is 0 Å². The van der Waals surface area contributed by atoms with Gasteiger partial charge in [-0.25, -0.2) is 0 Å². The Morgan fingerprint density at radius 3 is 1.33 bits per heavy atom. The van der Waals surface area contributed by atoms with Gasteiger partial charge >= 0.3 is 25.8 Å². The number of nitrogens with zero attached hydrogens (tertiary/aromatic N) is 3. The molecule has 0 aromatic heterocycles. The molecule has 5 heteroatoms. The molecule has 1 heterocycles. The van der Waals surface area contributed by atoms with Crippen LogP contribution >= 0.6 is 0 Å². The monoisotopic (exact) mass is 761 g/mol. The van der Waals surface area contributed by atoms with Gasteiger partial charge in [0.25, 0.3) is 0 Å². The van der Waals surface area contributed by atoms with Crippen LogP contribution in [0.25, 0.3) is 5.41 Å². The Balaban J connectivity index is 0.000000259. The molecule has 228 valence electrons. The number of guanidine groups is 1. The molecule has 1 aliphatic rings. The summed E-state index contributed by atoms with van der Waals surface area (Å²) in [4.78, 5) is 3.88. The normalized spacial score (nSPS) is 11.4. The molecule has 1 aliphatic heterocycles. The second-order valence-electron chi connectivity index (χ2n) is 10.5. The quantitative estimate of drug-likeness (QED) is 0.136. The Morgan fingerprint density at radius 2 is 0.956 bits per heavy atom. The van der Waals surface area contributed by atoms with Gasteiger partial charge in [-0.3, -0.25) is 0 Å². The zero-order chi connectivity index (χ0) is 31.9. The molecule has 0 amide bonds. The zero-order valence-corrected chi connectivity index (χ0v) is 30.5. The van der Waals surface area contributed by atoms with Gasteiger partial charge < -0.3 is 19.9 Å². The first-order valence-electron chi connectivity index (χ1n) is 14.6. The largest absolute Gasteiger partial charge is 4.00 e. The van der Waals surface area contributed by atoms with Gasteiger partial charge in [-0.2, -0.15) is 73.9 Å². The van der Waals surface area contributed by atoms with Crippen molar-refractivity contribution in [3.05, 3.63) is 187 Å². The molecule has 0 radical (unpaired) electrons. The van der Waals surface area contributed by atoms with E-state index in [-0.39, 0.29) is 31.8 Å². The summed E-state index contributed by atoms with van der Waals surface area (Å²) >= 11 is 0. The minimum Gasteiger partial charge on any atom is -0.496 e. The number of aryl methyl sites for hydroxylation is 3. The first kappa shape index (κ1) is 36.8. The first-order valence-corrected chi connectivity index (χ1v) is 14.6. The van der Waals surface area contributed by atoms with Gasteiger partial charge in [0.15, 0.2) is 0 Å². The minimum atomic E-state index is 0. The van der Waals surface area contributed by atoms with Crippen molar-refractivity contribution in [3.63, 3.8) is 0 Å². The van der Waals surface area contributed by atoms with Gasteiger partial charge in [0.2, 0.25) is 0 Å². The van der Waals surface area contributed by atoms with E-state index in [1.807, 2.05) is 125 Å². The van der Waals surface area contributed by atoms with E-state index in [2.05, 4.69) is 53.7 Å². The molecule has 4 nitrogen and oxygen atoms in total. The summed E-state index contributed by atoms with van der Waals surface area (Å²) in [5.41, 5.74) is 8.78. The molecule has 0 spiro atoms. The molecule has 1 fully saturated rings. The van der Waals surface area contributed by atoms with Crippen molar-refractivity contribution in [3.8, 4) is 5.75 Å². The average molecular weight is 760 g/mol. The Hall–Kier alpha value is -4.35. The van der Waals surface area contributed by atoms with E-state index in [9.17, 15) is 5.41 Å². The number of hydrogen-bond donors (Lipinski definition) is 0. The number of anilines is 2. The first-order chi connectivity index (χ1) is 21.2. The third kappa shape index (κ3) is 11.6. The number of methoxy groups -OCH3 is 1. The van der Waals surface area contributed by atoms with Crippen molar-refractivity contribution in [1.29, 1.82) is 0 Å². The van der Waals surface area contributed by atoms with Gasteiger partial charge in [0.1, 0.15) is 5.75 Å². The summed E-state index contributed by atoms with van der Waals surface area (Å²) in [6.45, 7) is 18.9. The Bertz CT molecular complexity index is 1460. The maximum absolute atomic E-state index is 10.8. The van der Waals surface area contributed by atoms with E-state index < -0.39 is 0 Å². The smallest absolute Gasteiger partial charge is 0.496 e. The van der Waals surface area contributed by atoms with Crippen LogP contribution < -0.4 is 14.5 Å². The van der Waals surface area contributed by atoms with E-state index in [1.165, 1.54) is 16.7 Å². The number of benzene rings is 5. The van der Waals surface area contributed by atoms with Crippen molar-refractivity contribution in [2.45, 2.75) is 20.8 Å². The molecule has 0 unspecified atom stereocenters. The van der Waals surface area contributed by atoms with Crippen LogP contribution in [-0.2, 0) is 25.8 Å². The average Bonchev–Trinajstić information content (AvgIpc) is 3.39. The van der Waals surface area contributed by atoms with Crippen molar-refractivity contribution >= 4 is 17.3 Å². The van der Waals surface area contributed by atoms with Gasteiger partial charge in [-0.05, 0) is 62.8 Å². The van der Waals surface area contributed by atoms with Crippen LogP contribution in [0.1, 0.15) is 33.4 Å². The second-order valence-corrected chi connectivity index (χ2v) is 10.5. The molecule has 5 aromatic carbocycles. The van der Waals surface area contributed by atoms with Crippen molar-refractivity contribution in [2.75, 3.05) is 30.0 Å². The van der Waals surface area contributed by atoms with Crippen LogP contribution in [0.5, 0.6) is 5.75 Å². The maximum Gasteiger partial charge on any atom is 4.00 e. The summed E-state index contributed by atoms with van der Waals surface area (Å²) in [6, 6.07) is 41.7. The van der Waals surface area contributed by atoms with E-state index in [1.54, 1.807) is 7.11 Å². The Labute approximate surface area is 290 Å². The van der Waals surface area contributed by atoms with Gasteiger partial charge in [-0.1, -0.05) is 48.0 Å². The second kappa shape index (κ2) is 19.1. The molecule has 45 heavy (non-hydrogen) atoms. The van der Waals surface area contributed by atoms with Gasteiger partial charge in [-0.15, -0.1) is 36.4 Å². The molecule has 0 aliphatic carbocycles. The molecule has 0 saturated carbocycles. The molecule has 0 bridgehead atoms. The molecule has 6 rings (SSSR count). The number of para-hydroxylation sites is 2. The fourth-order valence-electron chi connectivity index (χ4n) is 4.87. The molecule has 0 atom stereocenters. The number of rotatable bonds is 3. The Morgan fingerprint density at radius 1 is 0.578 bits per heavy atom. The molecule has 5 aromatic rings. The third-order valence-electron chi connectivity index (χ3n) is 6.84. The fraction of sp³-hybridized carbons (Fsp3) is 0.150. The van der Waals surface area contributed by atoms with E-state index in [0.29, 0.717) is 0 Å². The molecule has 1 saturated heterocycles. The predicted molar refractivity (Wildman–Crippen MR) is 189 cm³/mol. The number of hydrogen-bond acceptors (Lipinski definition) is 1. The summed E-state index contributed by atoms with van der Waals surface area (Å²) in [5.74, 6) is 1.02. The molecular formula is C40H43HfN3O. The van der Waals surface area contributed by atoms with E-state index in [4.69, 9.17) is 4.74 Å². The number of ether oxygens (including phenoxy) is 1. The minimum absolute atomic E-state index is 0. The van der Waals surface area contributed by atoms with Gasteiger partial charge in [0.05, 0.1) is 7.11 Å². The standard InChI is InChI=1S/C19H22N3O.3C7H7.Hf/c1-13-11-14(2)18(15(3)12-13)22-10-9-21(19(22)20)16-7-5-6-8-17(16)23-4;3*1-7-5-3-2-4-6-7;/h5-8,11-12H,9-10H2,1-4H3;3*2-6H,1H2;/q4*-1;+4. The topological polar surface area (TPSA) is 38.0 Å². The van der Waals surface area contributed by atoms with Gasteiger partial charge in [0, 0.05) is 11.6 Å². The molecular weight excluding hydrogens is 717 g/mol. The molecule has 0 N–H and O–H groups in total. The summed E-state index contributed by atoms with van der Waals surface area (Å²) in [5, 5.41) is 10.8. The van der Waals surface area contributed by atoms with E-state index in [0.717, 1.165) is 46.9 Å². The summed E-state index contributed by atoms with van der Waals surface area (Å²) in [6.07, 6.45) is 0. The Kier molecular flexibility index (Phi) is 15.7. The fourth-order valence-corrected chi connectivity index (χ4v) is 4.87. The summed E-state index contributed by atoms with van der Waals surface area (Å²) < 4.78 is 5.43. The van der Waals surface area contributed by atoms with Crippen LogP contribution in [0.15, 0.2) is 127 Å². The van der Waals surface area contributed by atoms with Crippen LogP contribution in [-0.4, -0.2) is 26.2 Å². The van der Waals surface area contributed by atoms with Crippen molar-refractivity contribution in [1.82, 2.24) is 0 Å². The van der Waals surface area contributed by atoms with Crippen LogP contribution in [0.3, 0.4) is 0 Å². The third-order valence-corrected chi connectivity index (χ3v) is 6.84. The van der Waals surface area contributed by atoms with Crippen molar-refractivity contribution in [2.24, 2.45) is 0 Å². The zero-order valence-electron chi connectivity index (χ0n) is 26.9. The van der Waals surface area contributed by atoms with Crippen LogP contribution in [0.4, 0.5) is 11.4 Å². The van der Waals surface area contributed by atoms with Crippen molar-refractivity contribution < 1.29 is 30.6 Å². The van der Waals surface area contributed by atoms with Crippen LogP contribution in [0, 0.1) is 41.5 Å².